The van der Waals surface area contributed by atoms with E-state index in [4.69, 9.17) is 5.26 Å². The molecule has 1 heterocycles. The normalized spacial score (nSPS) is 18.0. The van der Waals surface area contributed by atoms with Gasteiger partial charge in [0.15, 0.2) is 0 Å². The summed E-state index contributed by atoms with van der Waals surface area (Å²) in [7, 11) is 0. The Hall–Kier alpha value is -2.13. The zero-order valence-electron chi connectivity index (χ0n) is 12.2. The molecule has 6 heteroatoms. The first-order valence-electron chi connectivity index (χ1n) is 7.32. The van der Waals surface area contributed by atoms with Gasteiger partial charge in [0.25, 0.3) is 5.69 Å². The van der Waals surface area contributed by atoms with Gasteiger partial charge in [0.1, 0.15) is 11.6 Å². The van der Waals surface area contributed by atoms with Gasteiger partial charge in [-0.25, -0.2) is 0 Å². The number of likely N-dealkylation sites (N-methyl/N-ethyl adjacent to an activating group) is 1. The van der Waals surface area contributed by atoms with Crippen LogP contribution in [0.5, 0.6) is 0 Å². The van der Waals surface area contributed by atoms with Gasteiger partial charge in [0.2, 0.25) is 0 Å². The molecule has 21 heavy (non-hydrogen) atoms. The summed E-state index contributed by atoms with van der Waals surface area (Å²) in [5, 5.41) is 23.5. The van der Waals surface area contributed by atoms with Crippen molar-refractivity contribution in [2.24, 2.45) is 0 Å². The molecule has 1 saturated heterocycles. The predicted molar refractivity (Wildman–Crippen MR) is 81.3 cm³/mol. The summed E-state index contributed by atoms with van der Waals surface area (Å²) in [4.78, 5) is 12.7. The fraction of sp³-hybridized carbons (Fsp3) is 0.533. The Kier molecular flexibility index (Phi) is 5.12. The van der Waals surface area contributed by atoms with Crippen LogP contribution in [-0.4, -0.2) is 30.6 Å². The molecule has 1 aromatic rings. The first-order chi connectivity index (χ1) is 10.2. The lowest BCUT2D eigenvalue weighted by atomic mass is 10.0. The summed E-state index contributed by atoms with van der Waals surface area (Å²) in [5.41, 5.74) is 0.788. The maximum atomic E-state index is 11.1. The quantitative estimate of drug-likeness (QED) is 0.664. The lowest BCUT2D eigenvalue weighted by molar-refractivity contribution is -0.385. The van der Waals surface area contributed by atoms with Gasteiger partial charge in [-0.05, 0) is 38.4 Å². The van der Waals surface area contributed by atoms with E-state index >= 15 is 0 Å². The van der Waals surface area contributed by atoms with Crippen molar-refractivity contribution in [2.75, 3.05) is 24.5 Å². The molecule has 0 aliphatic carbocycles. The van der Waals surface area contributed by atoms with Gasteiger partial charge in [0.05, 0.1) is 4.92 Å². The molecule has 1 N–H and O–H groups in total. The van der Waals surface area contributed by atoms with Crippen LogP contribution in [0.1, 0.15) is 31.7 Å². The molecule has 0 aromatic heterocycles. The zero-order valence-corrected chi connectivity index (χ0v) is 12.2. The van der Waals surface area contributed by atoms with Crippen molar-refractivity contribution in [1.82, 2.24) is 5.32 Å². The summed E-state index contributed by atoms with van der Waals surface area (Å²) in [5.74, 6) is 0. The molecule has 2 rings (SSSR count). The minimum Gasteiger partial charge on any atom is -0.370 e. The van der Waals surface area contributed by atoms with E-state index in [1.807, 2.05) is 13.0 Å². The van der Waals surface area contributed by atoms with Crippen LogP contribution >= 0.6 is 0 Å². The highest BCUT2D eigenvalue weighted by molar-refractivity contribution is 5.60. The third kappa shape index (κ3) is 3.70. The molecule has 1 fully saturated rings. The number of nitro groups is 1. The Morgan fingerprint density at radius 3 is 2.90 bits per heavy atom. The van der Waals surface area contributed by atoms with Gasteiger partial charge in [-0.15, -0.1) is 0 Å². The zero-order chi connectivity index (χ0) is 15.2. The van der Waals surface area contributed by atoms with Crippen molar-refractivity contribution < 1.29 is 4.92 Å². The first-order valence-corrected chi connectivity index (χ1v) is 7.32. The maximum Gasteiger partial charge on any atom is 0.289 e. The van der Waals surface area contributed by atoms with Crippen molar-refractivity contribution in [1.29, 1.82) is 5.26 Å². The molecule has 0 saturated carbocycles. The number of piperidine rings is 1. The molecule has 1 aromatic carbocycles. The molecule has 0 spiro atoms. The van der Waals surface area contributed by atoms with Gasteiger partial charge in [0, 0.05) is 30.9 Å². The summed E-state index contributed by atoms with van der Waals surface area (Å²) in [6, 6.07) is 7.12. The third-order valence-corrected chi connectivity index (χ3v) is 3.90. The fourth-order valence-corrected chi connectivity index (χ4v) is 2.73. The second kappa shape index (κ2) is 7.04. The van der Waals surface area contributed by atoms with E-state index in [0.29, 0.717) is 6.04 Å². The van der Waals surface area contributed by atoms with Crippen LogP contribution in [0.25, 0.3) is 0 Å². The van der Waals surface area contributed by atoms with Crippen LogP contribution in [-0.2, 0) is 0 Å². The van der Waals surface area contributed by atoms with E-state index < -0.39 is 4.92 Å². The molecule has 6 nitrogen and oxygen atoms in total. The molecule has 1 aliphatic heterocycles. The number of hydrogen-bond donors (Lipinski definition) is 1. The molecule has 1 unspecified atom stereocenters. The Labute approximate surface area is 124 Å². The van der Waals surface area contributed by atoms with Gasteiger partial charge in [-0.3, -0.25) is 10.1 Å². The maximum absolute atomic E-state index is 11.1. The smallest absolute Gasteiger partial charge is 0.289 e. The molecular formula is C15H20N4O2. The molecule has 0 radical (unpaired) electrons. The summed E-state index contributed by atoms with van der Waals surface area (Å²) in [6.07, 6.45) is 3.57. The van der Waals surface area contributed by atoms with E-state index in [1.54, 1.807) is 6.07 Å². The average Bonchev–Trinajstić information content (AvgIpc) is 2.53. The topological polar surface area (TPSA) is 82.2 Å². The van der Waals surface area contributed by atoms with Gasteiger partial charge in [-0.1, -0.05) is 6.42 Å². The van der Waals surface area contributed by atoms with Crippen molar-refractivity contribution in [3.63, 3.8) is 0 Å². The van der Waals surface area contributed by atoms with E-state index in [-0.39, 0.29) is 11.3 Å². The number of nitrogens with one attached hydrogen (secondary N) is 1. The summed E-state index contributed by atoms with van der Waals surface area (Å²) >= 11 is 0. The largest absolute Gasteiger partial charge is 0.370 e. The van der Waals surface area contributed by atoms with Gasteiger partial charge in [-0.2, -0.15) is 5.26 Å². The monoisotopic (exact) mass is 288 g/mol. The minimum atomic E-state index is -0.491. The highest BCUT2D eigenvalue weighted by Crippen LogP contribution is 2.25. The van der Waals surface area contributed by atoms with Gasteiger partial charge >= 0.3 is 0 Å². The van der Waals surface area contributed by atoms with Crippen molar-refractivity contribution in [2.45, 2.75) is 32.2 Å². The van der Waals surface area contributed by atoms with Crippen LogP contribution in [0.15, 0.2) is 18.2 Å². The first kappa shape index (κ1) is 15.3. The minimum absolute atomic E-state index is 0.107. The van der Waals surface area contributed by atoms with E-state index in [9.17, 15) is 10.1 Å². The number of hydrogen-bond acceptors (Lipinski definition) is 5. The van der Waals surface area contributed by atoms with Crippen molar-refractivity contribution >= 4 is 11.4 Å². The lowest BCUT2D eigenvalue weighted by Gasteiger charge is -2.31. The number of nitriles is 1. The van der Waals surface area contributed by atoms with Crippen LogP contribution in [0.3, 0.4) is 0 Å². The SMILES string of the molecule is CCN(CC1CCCCN1)c1ccc(C#N)c([N+](=O)[O-])c1. The Bertz CT molecular complexity index is 547. The lowest BCUT2D eigenvalue weighted by Crippen LogP contribution is -2.43. The summed E-state index contributed by atoms with van der Waals surface area (Å²) in [6.45, 7) is 4.68. The Morgan fingerprint density at radius 1 is 1.52 bits per heavy atom. The van der Waals surface area contributed by atoms with Crippen LogP contribution < -0.4 is 10.2 Å². The second-order valence-electron chi connectivity index (χ2n) is 5.26. The van der Waals surface area contributed by atoms with Gasteiger partial charge < -0.3 is 10.2 Å². The average molecular weight is 288 g/mol. The number of anilines is 1. The number of rotatable bonds is 5. The third-order valence-electron chi connectivity index (χ3n) is 3.90. The number of nitrogens with zero attached hydrogens (tertiary/aromatic N) is 3. The van der Waals surface area contributed by atoms with E-state index in [0.717, 1.165) is 31.7 Å². The molecule has 0 bridgehead atoms. The summed E-state index contributed by atoms with van der Waals surface area (Å²) < 4.78 is 0. The number of nitro benzene ring substituents is 1. The Balaban J connectivity index is 2.19. The molecule has 0 amide bonds. The van der Waals surface area contributed by atoms with Crippen molar-refractivity contribution in [3.8, 4) is 6.07 Å². The predicted octanol–water partition coefficient (Wildman–Crippen LogP) is 2.43. The molecular weight excluding hydrogens is 268 g/mol. The van der Waals surface area contributed by atoms with Crippen LogP contribution in [0.2, 0.25) is 0 Å². The van der Waals surface area contributed by atoms with Crippen LogP contribution in [0.4, 0.5) is 11.4 Å². The second-order valence-corrected chi connectivity index (χ2v) is 5.26. The van der Waals surface area contributed by atoms with E-state index in [1.165, 1.54) is 25.0 Å². The molecule has 1 aliphatic rings. The van der Waals surface area contributed by atoms with Crippen LogP contribution in [0, 0.1) is 21.4 Å². The fourth-order valence-electron chi connectivity index (χ4n) is 2.73. The highest BCUT2D eigenvalue weighted by atomic mass is 16.6. The molecule has 112 valence electrons. The highest BCUT2D eigenvalue weighted by Gasteiger charge is 2.19. The van der Waals surface area contributed by atoms with E-state index in [2.05, 4.69) is 10.2 Å². The Morgan fingerprint density at radius 2 is 2.33 bits per heavy atom. The van der Waals surface area contributed by atoms with Crippen molar-refractivity contribution in [3.05, 3.63) is 33.9 Å². The number of benzene rings is 1. The molecule has 1 atom stereocenters. The standard InChI is InChI=1S/C15H20N4O2/c1-2-18(11-13-5-3-4-8-17-13)14-7-6-12(10-16)15(9-14)19(20)21/h6-7,9,13,17H,2-5,8,11H2,1H3.